The van der Waals surface area contributed by atoms with Crippen LogP contribution in [0.15, 0.2) is 17.1 Å². The van der Waals surface area contributed by atoms with Gasteiger partial charge in [0.1, 0.15) is 15.8 Å². The van der Waals surface area contributed by atoms with Gasteiger partial charge in [0, 0.05) is 38.4 Å². The van der Waals surface area contributed by atoms with Crippen LogP contribution in [0.25, 0.3) is 4.96 Å². The number of halogens is 1. The second-order valence-electron chi connectivity index (χ2n) is 6.59. The summed E-state index contributed by atoms with van der Waals surface area (Å²) < 4.78 is 7.34. The van der Waals surface area contributed by atoms with Crippen LogP contribution in [-0.2, 0) is 4.74 Å². The first kappa shape index (κ1) is 17.0. The van der Waals surface area contributed by atoms with Crippen molar-refractivity contribution in [3.8, 4) is 0 Å². The molecule has 1 aliphatic heterocycles. The Morgan fingerprint density at radius 1 is 1.29 bits per heavy atom. The third-order valence-corrected chi connectivity index (χ3v) is 4.68. The monoisotopic (exact) mass is 370 g/mol. The van der Waals surface area contributed by atoms with E-state index in [1.54, 1.807) is 11.1 Å². The molecule has 0 N–H and O–H groups in total. The quantitative estimate of drug-likeness (QED) is 0.771. The first-order chi connectivity index (χ1) is 11.2. The lowest BCUT2D eigenvalue weighted by molar-refractivity contribution is 0.0240. The predicted molar refractivity (Wildman–Crippen MR) is 94.4 cm³/mol. The van der Waals surface area contributed by atoms with Gasteiger partial charge in [-0.15, -0.1) is 0 Å². The Hall–Kier alpha value is -1.80. The number of hydrogen-bond acceptors (Lipinski definition) is 6. The molecule has 0 radical (unpaired) electrons. The van der Waals surface area contributed by atoms with Crippen LogP contribution in [0.3, 0.4) is 0 Å². The molecule has 24 heavy (non-hydrogen) atoms. The van der Waals surface area contributed by atoms with Crippen LogP contribution < -0.4 is 10.5 Å². The lowest BCUT2D eigenvalue weighted by atomic mass is 10.2. The Balaban J connectivity index is 1.71. The van der Waals surface area contributed by atoms with Crippen molar-refractivity contribution in [2.45, 2.75) is 26.4 Å². The molecule has 1 saturated heterocycles. The van der Waals surface area contributed by atoms with Gasteiger partial charge in [0.05, 0.1) is 0 Å². The summed E-state index contributed by atoms with van der Waals surface area (Å²) in [4.78, 5) is 33.0. The van der Waals surface area contributed by atoms with Gasteiger partial charge in [0.2, 0.25) is 0 Å². The zero-order chi connectivity index (χ0) is 17.5. The van der Waals surface area contributed by atoms with Crippen molar-refractivity contribution in [2.75, 3.05) is 31.1 Å². The fourth-order valence-corrected chi connectivity index (χ4v) is 3.49. The van der Waals surface area contributed by atoms with Crippen molar-refractivity contribution < 1.29 is 9.53 Å². The molecular formula is C15H19ClN4O3S. The Labute approximate surface area is 148 Å². The number of rotatable bonds is 1. The Kier molecular flexibility index (Phi) is 4.44. The van der Waals surface area contributed by atoms with Gasteiger partial charge in [0.25, 0.3) is 5.56 Å². The number of carbonyl (C=O) groups excluding carboxylic acids is 1. The summed E-state index contributed by atoms with van der Waals surface area (Å²) in [5.74, 6) is 0.613. The smallest absolute Gasteiger partial charge is 0.410 e. The zero-order valence-corrected chi connectivity index (χ0v) is 15.4. The fourth-order valence-electron chi connectivity index (χ4n) is 2.47. The first-order valence-electron chi connectivity index (χ1n) is 7.64. The molecule has 0 spiro atoms. The van der Waals surface area contributed by atoms with Gasteiger partial charge in [-0.05, 0) is 20.8 Å². The van der Waals surface area contributed by atoms with Crippen LogP contribution in [0.2, 0.25) is 4.34 Å². The highest BCUT2D eigenvalue weighted by Gasteiger charge is 2.26. The molecule has 3 rings (SSSR count). The predicted octanol–water partition coefficient (Wildman–Crippen LogP) is 2.47. The largest absolute Gasteiger partial charge is 0.444 e. The van der Waals surface area contributed by atoms with E-state index in [0.717, 1.165) is 0 Å². The SMILES string of the molecule is CC(C)(C)OC(=O)N1CCN(c2cc(=O)n3cc(Cl)sc3n2)CC1. The minimum absolute atomic E-state index is 0.160. The summed E-state index contributed by atoms with van der Waals surface area (Å²) in [6.07, 6.45) is 1.26. The highest BCUT2D eigenvalue weighted by molar-refractivity contribution is 7.20. The van der Waals surface area contributed by atoms with Crippen LogP contribution >= 0.6 is 22.9 Å². The van der Waals surface area contributed by atoms with Crippen molar-refractivity contribution in [3.63, 3.8) is 0 Å². The molecule has 3 heterocycles. The number of hydrogen-bond donors (Lipinski definition) is 0. The summed E-state index contributed by atoms with van der Waals surface area (Å²) >= 11 is 7.21. The maximum atomic E-state index is 12.1. The molecule has 0 atom stereocenters. The molecular weight excluding hydrogens is 352 g/mol. The summed E-state index contributed by atoms with van der Waals surface area (Å²) in [6, 6.07) is 1.50. The van der Waals surface area contributed by atoms with Gasteiger partial charge in [-0.1, -0.05) is 22.9 Å². The van der Waals surface area contributed by atoms with Gasteiger partial charge in [0.15, 0.2) is 4.96 Å². The molecule has 7 nitrogen and oxygen atoms in total. The van der Waals surface area contributed by atoms with E-state index in [1.165, 1.54) is 21.8 Å². The van der Waals surface area contributed by atoms with Crippen molar-refractivity contribution in [3.05, 3.63) is 27.0 Å². The van der Waals surface area contributed by atoms with E-state index in [-0.39, 0.29) is 11.7 Å². The molecule has 9 heteroatoms. The van der Waals surface area contributed by atoms with Crippen molar-refractivity contribution >= 4 is 39.8 Å². The number of nitrogens with zero attached hydrogens (tertiary/aromatic N) is 4. The van der Waals surface area contributed by atoms with Gasteiger partial charge in [-0.3, -0.25) is 9.20 Å². The molecule has 130 valence electrons. The molecule has 0 aliphatic carbocycles. The summed E-state index contributed by atoms with van der Waals surface area (Å²) in [6.45, 7) is 7.80. The average molecular weight is 371 g/mol. The van der Waals surface area contributed by atoms with Crippen molar-refractivity contribution in [1.82, 2.24) is 14.3 Å². The maximum Gasteiger partial charge on any atom is 0.410 e. The summed E-state index contributed by atoms with van der Waals surface area (Å²) in [7, 11) is 0. The number of anilines is 1. The Bertz CT molecular complexity index is 818. The van der Waals surface area contributed by atoms with E-state index in [1.807, 2.05) is 25.7 Å². The molecule has 1 amide bonds. The zero-order valence-electron chi connectivity index (χ0n) is 13.8. The number of ether oxygens (including phenoxy) is 1. The molecule has 0 unspecified atom stereocenters. The number of aromatic nitrogens is 2. The molecule has 2 aromatic heterocycles. The van der Waals surface area contributed by atoms with Gasteiger partial charge < -0.3 is 14.5 Å². The van der Waals surface area contributed by atoms with Gasteiger partial charge in [-0.2, -0.15) is 0 Å². The van der Waals surface area contributed by atoms with E-state index in [4.69, 9.17) is 16.3 Å². The highest BCUT2D eigenvalue weighted by atomic mass is 35.5. The average Bonchev–Trinajstić information content (AvgIpc) is 2.86. The van der Waals surface area contributed by atoms with Crippen LogP contribution in [0, 0.1) is 0 Å². The molecule has 0 bridgehead atoms. The third kappa shape index (κ3) is 3.64. The Morgan fingerprint density at radius 3 is 2.58 bits per heavy atom. The lowest BCUT2D eigenvalue weighted by Crippen LogP contribution is -2.50. The number of fused-ring (bicyclic) bond motifs is 1. The maximum absolute atomic E-state index is 12.1. The van der Waals surface area contributed by atoms with E-state index in [2.05, 4.69) is 4.98 Å². The highest BCUT2D eigenvalue weighted by Crippen LogP contribution is 2.22. The van der Waals surface area contributed by atoms with Gasteiger partial charge in [-0.25, -0.2) is 9.78 Å². The summed E-state index contributed by atoms with van der Waals surface area (Å²) in [5.41, 5.74) is -0.666. The number of amides is 1. The molecule has 2 aromatic rings. The topological polar surface area (TPSA) is 67.2 Å². The van der Waals surface area contributed by atoms with E-state index in [0.29, 0.717) is 41.3 Å². The minimum Gasteiger partial charge on any atom is -0.444 e. The normalized spacial score (nSPS) is 15.8. The molecule has 0 saturated carbocycles. The molecule has 0 aromatic carbocycles. The second-order valence-corrected chi connectivity index (χ2v) is 8.24. The fraction of sp³-hybridized carbons (Fsp3) is 0.533. The van der Waals surface area contributed by atoms with Crippen LogP contribution in [0.4, 0.5) is 10.6 Å². The van der Waals surface area contributed by atoms with Crippen LogP contribution in [-0.4, -0.2) is 52.2 Å². The van der Waals surface area contributed by atoms with E-state index >= 15 is 0 Å². The number of carbonyl (C=O) groups is 1. The van der Waals surface area contributed by atoms with Crippen molar-refractivity contribution in [1.29, 1.82) is 0 Å². The number of piperazine rings is 1. The van der Waals surface area contributed by atoms with E-state index in [9.17, 15) is 9.59 Å². The lowest BCUT2D eigenvalue weighted by Gasteiger charge is -2.36. The first-order valence-corrected chi connectivity index (χ1v) is 8.84. The van der Waals surface area contributed by atoms with Crippen LogP contribution in [0.1, 0.15) is 20.8 Å². The minimum atomic E-state index is -0.506. The van der Waals surface area contributed by atoms with Gasteiger partial charge >= 0.3 is 6.09 Å². The third-order valence-electron chi connectivity index (χ3n) is 3.58. The summed E-state index contributed by atoms with van der Waals surface area (Å²) in [5, 5.41) is 0. The Morgan fingerprint density at radius 2 is 1.96 bits per heavy atom. The molecule has 1 fully saturated rings. The molecule has 1 aliphatic rings. The second kappa shape index (κ2) is 6.25. The standard InChI is InChI=1S/C15H19ClN4O3S/c1-15(2,3)23-14(22)19-6-4-18(5-7-19)11-8-12(21)20-9-10(16)24-13(20)17-11/h8-9H,4-7H2,1-3H3. The van der Waals surface area contributed by atoms with Crippen LogP contribution in [0.5, 0.6) is 0 Å². The van der Waals surface area contributed by atoms with E-state index < -0.39 is 5.60 Å². The number of thiazole rings is 1. The van der Waals surface area contributed by atoms with Crippen molar-refractivity contribution in [2.24, 2.45) is 0 Å².